The summed E-state index contributed by atoms with van der Waals surface area (Å²) in [5, 5.41) is 8.68. The van der Waals surface area contributed by atoms with Crippen molar-refractivity contribution in [2.45, 2.75) is 51.0 Å². The molecule has 0 atom stereocenters. The van der Waals surface area contributed by atoms with Crippen LogP contribution in [0.5, 0.6) is 0 Å². The molecule has 0 aliphatic heterocycles. The highest BCUT2D eigenvalue weighted by molar-refractivity contribution is 5.69. The van der Waals surface area contributed by atoms with Crippen molar-refractivity contribution in [1.82, 2.24) is 9.55 Å². The summed E-state index contributed by atoms with van der Waals surface area (Å²) in [7, 11) is 0. The van der Waals surface area contributed by atoms with Crippen molar-refractivity contribution in [2.24, 2.45) is 0 Å². The van der Waals surface area contributed by atoms with Crippen molar-refractivity contribution >= 4 is 5.97 Å². The van der Waals surface area contributed by atoms with Crippen molar-refractivity contribution in [3.05, 3.63) is 18.2 Å². The SMILES string of the molecule is O=C(O)Cc1cn(C2CCCCCC2)cn1. The van der Waals surface area contributed by atoms with Crippen molar-refractivity contribution in [3.63, 3.8) is 0 Å². The smallest absolute Gasteiger partial charge is 0.309 e. The minimum Gasteiger partial charge on any atom is -0.481 e. The molecule has 1 aromatic heterocycles. The lowest BCUT2D eigenvalue weighted by atomic mass is 10.1. The lowest BCUT2D eigenvalue weighted by Crippen LogP contribution is -2.06. The summed E-state index contributed by atoms with van der Waals surface area (Å²) in [6.07, 6.45) is 11.3. The van der Waals surface area contributed by atoms with Crippen LogP contribution in [0, 0.1) is 0 Å². The van der Waals surface area contributed by atoms with Crippen LogP contribution in [-0.4, -0.2) is 20.6 Å². The molecule has 16 heavy (non-hydrogen) atoms. The summed E-state index contributed by atoms with van der Waals surface area (Å²) in [6.45, 7) is 0. The lowest BCUT2D eigenvalue weighted by Gasteiger charge is -2.14. The Labute approximate surface area is 95.3 Å². The highest BCUT2D eigenvalue weighted by atomic mass is 16.4. The summed E-state index contributed by atoms with van der Waals surface area (Å²) in [6, 6.07) is 0.526. The number of carboxylic acids is 1. The van der Waals surface area contributed by atoms with Crippen LogP contribution in [0.2, 0.25) is 0 Å². The standard InChI is InChI=1S/C12H18N2O2/c15-12(16)7-10-8-14(9-13-10)11-5-3-1-2-4-6-11/h8-9,11H,1-7H2,(H,15,16). The summed E-state index contributed by atoms with van der Waals surface area (Å²) in [4.78, 5) is 14.7. The minimum absolute atomic E-state index is 0.0275. The quantitative estimate of drug-likeness (QED) is 0.799. The zero-order valence-corrected chi connectivity index (χ0v) is 9.43. The topological polar surface area (TPSA) is 55.1 Å². The molecule has 1 heterocycles. The third kappa shape index (κ3) is 2.84. The van der Waals surface area contributed by atoms with E-state index in [0.29, 0.717) is 11.7 Å². The Morgan fingerprint density at radius 2 is 2.06 bits per heavy atom. The zero-order chi connectivity index (χ0) is 11.4. The number of carboxylic acid groups (broad SMARTS) is 1. The maximum Gasteiger partial charge on any atom is 0.309 e. The molecule has 0 amide bonds. The molecule has 4 nitrogen and oxygen atoms in total. The molecule has 88 valence electrons. The molecule has 0 bridgehead atoms. The Hall–Kier alpha value is -1.32. The number of nitrogens with zero attached hydrogens (tertiary/aromatic N) is 2. The molecule has 1 fully saturated rings. The fraction of sp³-hybridized carbons (Fsp3) is 0.667. The van der Waals surface area contributed by atoms with E-state index in [-0.39, 0.29) is 6.42 Å². The Bertz CT molecular complexity index is 352. The summed E-state index contributed by atoms with van der Waals surface area (Å²) >= 11 is 0. The highest BCUT2D eigenvalue weighted by Gasteiger charge is 2.14. The van der Waals surface area contributed by atoms with Crippen LogP contribution in [0.25, 0.3) is 0 Å². The van der Waals surface area contributed by atoms with Gasteiger partial charge in [-0.2, -0.15) is 0 Å². The molecular weight excluding hydrogens is 204 g/mol. The summed E-state index contributed by atoms with van der Waals surface area (Å²) in [5.74, 6) is -0.814. The van der Waals surface area contributed by atoms with E-state index in [1.54, 1.807) is 6.33 Å². The maximum absolute atomic E-state index is 10.6. The van der Waals surface area contributed by atoms with E-state index in [0.717, 1.165) is 0 Å². The Morgan fingerprint density at radius 3 is 2.69 bits per heavy atom. The highest BCUT2D eigenvalue weighted by Crippen LogP contribution is 2.26. The van der Waals surface area contributed by atoms with Gasteiger partial charge in [0.2, 0.25) is 0 Å². The second-order valence-electron chi connectivity index (χ2n) is 4.53. The van der Waals surface area contributed by atoms with E-state index < -0.39 is 5.97 Å². The van der Waals surface area contributed by atoms with E-state index >= 15 is 0 Å². The molecular formula is C12H18N2O2. The fourth-order valence-electron chi connectivity index (χ4n) is 2.38. The van der Waals surface area contributed by atoms with Crippen molar-refractivity contribution in [1.29, 1.82) is 0 Å². The lowest BCUT2D eigenvalue weighted by molar-refractivity contribution is -0.136. The molecule has 0 aromatic carbocycles. The van der Waals surface area contributed by atoms with Gasteiger partial charge in [-0.1, -0.05) is 25.7 Å². The monoisotopic (exact) mass is 222 g/mol. The summed E-state index contributed by atoms with van der Waals surface area (Å²) < 4.78 is 2.10. The van der Waals surface area contributed by atoms with Crippen LogP contribution in [-0.2, 0) is 11.2 Å². The number of aliphatic carboxylic acids is 1. The second-order valence-corrected chi connectivity index (χ2v) is 4.53. The Kier molecular flexibility index (Phi) is 3.59. The fourth-order valence-corrected chi connectivity index (χ4v) is 2.38. The van der Waals surface area contributed by atoms with Gasteiger partial charge >= 0.3 is 5.97 Å². The predicted molar refractivity (Wildman–Crippen MR) is 60.3 cm³/mol. The normalized spacial score (nSPS) is 18.2. The van der Waals surface area contributed by atoms with Crippen molar-refractivity contribution in [2.75, 3.05) is 0 Å². The van der Waals surface area contributed by atoms with Gasteiger partial charge in [-0.25, -0.2) is 4.98 Å². The van der Waals surface area contributed by atoms with E-state index in [1.165, 1.54) is 38.5 Å². The first kappa shape index (κ1) is 11.2. The molecule has 0 radical (unpaired) electrons. The van der Waals surface area contributed by atoms with Gasteiger partial charge in [0.05, 0.1) is 18.4 Å². The van der Waals surface area contributed by atoms with Gasteiger partial charge in [0.25, 0.3) is 0 Å². The number of aromatic nitrogens is 2. The number of hydrogen-bond donors (Lipinski definition) is 1. The zero-order valence-electron chi connectivity index (χ0n) is 9.43. The molecule has 1 N–H and O–H groups in total. The first-order chi connectivity index (χ1) is 7.75. The van der Waals surface area contributed by atoms with Crippen molar-refractivity contribution < 1.29 is 9.90 Å². The molecule has 2 rings (SSSR count). The second kappa shape index (κ2) is 5.14. The largest absolute Gasteiger partial charge is 0.481 e. The van der Waals surface area contributed by atoms with Gasteiger partial charge in [-0.15, -0.1) is 0 Å². The van der Waals surface area contributed by atoms with Gasteiger partial charge in [-0.05, 0) is 12.8 Å². The third-order valence-electron chi connectivity index (χ3n) is 3.23. The molecule has 0 spiro atoms. The summed E-state index contributed by atoms with van der Waals surface area (Å²) in [5.41, 5.74) is 0.664. The van der Waals surface area contributed by atoms with E-state index in [4.69, 9.17) is 5.11 Å². The molecule has 0 saturated heterocycles. The van der Waals surface area contributed by atoms with Crippen LogP contribution < -0.4 is 0 Å². The van der Waals surface area contributed by atoms with Crippen LogP contribution in [0.3, 0.4) is 0 Å². The van der Waals surface area contributed by atoms with Gasteiger partial charge in [-0.3, -0.25) is 4.79 Å². The van der Waals surface area contributed by atoms with Gasteiger partial charge in [0, 0.05) is 12.2 Å². The molecule has 1 aromatic rings. The molecule has 1 saturated carbocycles. The van der Waals surface area contributed by atoms with E-state index in [9.17, 15) is 4.79 Å². The third-order valence-corrected chi connectivity index (χ3v) is 3.23. The van der Waals surface area contributed by atoms with Crippen LogP contribution in [0.1, 0.15) is 50.3 Å². The van der Waals surface area contributed by atoms with Crippen LogP contribution in [0.15, 0.2) is 12.5 Å². The first-order valence-corrected chi connectivity index (χ1v) is 6.00. The van der Waals surface area contributed by atoms with E-state index in [1.807, 2.05) is 6.20 Å². The first-order valence-electron chi connectivity index (χ1n) is 6.00. The molecule has 1 aliphatic rings. The van der Waals surface area contributed by atoms with Crippen LogP contribution in [0.4, 0.5) is 0 Å². The van der Waals surface area contributed by atoms with Crippen LogP contribution >= 0.6 is 0 Å². The van der Waals surface area contributed by atoms with Gasteiger partial charge in [0.1, 0.15) is 0 Å². The number of imidazole rings is 1. The average molecular weight is 222 g/mol. The van der Waals surface area contributed by atoms with E-state index in [2.05, 4.69) is 9.55 Å². The minimum atomic E-state index is -0.814. The number of hydrogen-bond acceptors (Lipinski definition) is 2. The predicted octanol–water partition coefficient (Wildman–Crippen LogP) is 2.41. The average Bonchev–Trinajstić information content (AvgIpc) is 2.53. The number of carbonyl (C=O) groups is 1. The Morgan fingerprint density at radius 1 is 1.38 bits per heavy atom. The van der Waals surface area contributed by atoms with Gasteiger partial charge < -0.3 is 9.67 Å². The number of rotatable bonds is 3. The van der Waals surface area contributed by atoms with Gasteiger partial charge in [0.15, 0.2) is 0 Å². The van der Waals surface area contributed by atoms with Crippen molar-refractivity contribution in [3.8, 4) is 0 Å². The Balaban J connectivity index is 2.02. The molecule has 0 unspecified atom stereocenters. The molecule has 4 heteroatoms. The maximum atomic E-state index is 10.6. The molecule has 1 aliphatic carbocycles.